The Morgan fingerprint density at radius 1 is 1.17 bits per heavy atom. The van der Waals surface area contributed by atoms with E-state index in [0.717, 1.165) is 62.9 Å². The summed E-state index contributed by atoms with van der Waals surface area (Å²) in [5.41, 5.74) is -0.270. The van der Waals surface area contributed by atoms with Crippen LogP contribution in [0.1, 0.15) is 56.4 Å². The molecule has 130 valence electrons. The predicted molar refractivity (Wildman–Crippen MR) is 92.4 cm³/mol. The van der Waals surface area contributed by atoms with Crippen LogP contribution in [0.4, 0.5) is 0 Å². The number of nitrogens with one attached hydrogen (secondary N) is 1. The lowest BCUT2D eigenvalue weighted by molar-refractivity contribution is -0.137. The first-order valence-corrected chi connectivity index (χ1v) is 10.1. The number of amides is 2. The van der Waals surface area contributed by atoms with Crippen LogP contribution in [0.25, 0.3) is 0 Å². The smallest absolute Gasteiger partial charge is 0.225 e. The lowest BCUT2D eigenvalue weighted by Gasteiger charge is -2.35. The fourth-order valence-electron chi connectivity index (χ4n) is 4.15. The summed E-state index contributed by atoms with van der Waals surface area (Å²) in [5.74, 6) is 0.547. The zero-order chi connectivity index (χ0) is 16.6. The normalized spacial score (nSPS) is 26.3. The average molecular weight is 347 g/mol. The van der Waals surface area contributed by atoms with E-state index in [9.17, 15) is 9.59 Å². The van der Waals surface area contributed by atoms with Crippen molar-refractivity contribution in [1.29, 1.82) is 0 Å². The maximum Gasteiger partial charge on any atom is 0.225 e. The van der Waals surface area contributed by atoms with E-state index in [4.69, 9.17) is 0 Å². The molecule has 1 aliphatic heterocycles. The van der Waals surface area contributed by atoms with Crippen LogP contribution in [0.2, 0.25) is 0 Å². The van der Waals surface area contributed by atoms with E-state index in [1.165, 1.54) is 0 Å². The van der Waals surface area contributed by atoms with E-state index in [0.29, 0.717) is 6.54 Å². The fourth-order valence-corrected chi connectivity index (χ4v) is 5.00. The molecule has 2 amide bonds. The van der Waals surface area contributed by atoms with Crippen LogP contribution in [0.5, 0.6) is 0 Å². The van der Waals surface area contributed by atoms with Gasteiger partial charge in [0, 0.05) is 30.6 Å². The quantitative estimate of drug-likeness (QED) is 0.911. The molecule has 4 rings (SSSR count). The molecule has 2 heterocycles. The molecule has 0 spiro atoms. The highest BCUT2D eigenvalue weighted by molar-refractivity contribution is 7.09. The van der Waals surface area contributed by atoms with Crippen molar-refractivity contribution < 1.29 is 9.59 Å². The molecule has 2 saturated carbocycles. The van der Waals surface area contributed by atoms with Crippen LogP contribution in [0.15, 0.2) is 11.6 Å². The number of piperidine rings is 1. The Labute approximate surface area is 146 Å². The van der Waals surface area contributed by atoms with Crippen LogP contribution in [-0.2, 0) is 15.1 Å². The van der Waals surface area contributed by atoms with Gasteiger partial charge in [-0.05, 0) is 38.5 Å². The Hall–Kier alpha value is -1.43. The number of thiazole rings is 1. The van der Waals surface area contributed by atoms with Crippen LogP contribution in [-0.4, -0.2) is 34.8 Å². The molecule has 3 fully saturated rings. The Balaban J connectivity index is 1.44. The Morgan fingerprint density at radius 2 is 1.96 bits per heavy atom. The third kappa shape index (κ3) is 3.08. The highest BCUT2D eigenvalue weighted by atomic mass is 32.1. The molecule has 1 aromatic rings. The summed E-state index contributed by atoms with van der Waals surface area (Å²) >= 11 is 1.63. The largest absolute Gasteiger partial charge is 0.344 e. The van der Waals surface area contributed by atoms with Gasteiger partial charge in [0.1, 0.15) is 5.01 Å². The molecule has 0 bridgehead atoms. The third-order valence-electron chi connectivity index (χ3n) is 5.69. The molecule has 1 aromatic heterocycles. The maximum absolute atomic E-state index is 12.9. The first-order chi connectivity index (χ1) is 11.7. The van der Waals surface area contributed by atoms with Crippen molar-refractivity contribution in [2.75, 3.05) is 13.1 Å². The number of rotatable bonds is 4. The molecule has 5 nitrogen and oxygen atoms in total. The van der Waals surface area contributed by atoms with Gasteiger partial charge in [0.05, 0.1) is 11.5 Å². The summed E-state index contributed by atoms with van der Waals surface area (Å²) in [4.78, 5) is 31.7. The van der Waals surface area contributed by atoms with Gasteiger partial charge < -0.3 is 10.2 Å². The lowest BCUT2D eigenvalue weighted by Crippen LogP contribution is -2.51. The Bertz CT molecular complexity index is 606. The SMILES string of the molecule is O=C(NC1(c2nccs2)CCCC1)C1CCCN(C(=O)C2CC2)C1. The molecule has 0 aromatic carbocycles. The first-order valence-electron chi connectivity index (χ1n) is 9.19. The second kappa shape index (κ2) is 6.47. The molecular weight excluding hydrogens is 322 g/mol. The second-order valence-corrected chi connectivity index (χ2v) is 8.41. The van der Waals surface area contributed by atoms with Gasteiger partial charge in [-0.25, -0.2) is 4.98 Å². The second-order valence-electron chi connectivity index (χ2n) is 7.51. The summed E-state index contributed by atoms with van der Waals surface area (Å²) < 4.78 is 0. The molecule has 6 heteroatoms. The summed E-state index contributed by atoms with van der Waals surface area (Å²) in [5, 5.41) is 6.36. The van der Waals surface area contributed by atoms with Crippen molar-refractivity contribution in [2.45, 2.75) is 56.9 Å². The Kier molecular flexibility index (Phi) is 4.33. The van der Waals surface area contributed by atoms with Crippen LogP contribution >= 0.6 is 11.3 Å². The molecule has 0 radical (unpaired) electrons. The van der Waals surface area contributed by atoms with Gasteiger partial charge in [-0.3, -0.25) is 9.59 Å². The van der Waals surface area contributed by atoms with Crippen LogP contribution < -0.4 is 5.32 Å². The van der Waals surface area contributed by atoms with Crippen LogP contribution in [0.3, 0.4) is 0 Å². The minimum absolute atomic E-state index is 0.0705. The van der Waals surface area contributed by atoms with Crippen molar-refractivity contribution in [3.05, 3.63) is 16.6 Å². The highest BCUT2D eigenvalue weighted by Crippen LogP contribution is 2.40. The standard InChI is InChI=1S/C18H25N3O2S/c22-15(14-4-3-10-21(12-14)16(23)13-5-6-13)20-18(7-1-2-8-18)17-19-9-11-24-17/h9,11,13-14H,1-8,10,12H2,(H,20,22). The minimum atomic E-state index is -0.270. The average Bonchev–Trinajstić information content (AvgIpc) is 3.10. The molecular formula is C18H25N3O2S. The maximum atomic E-state index is 12.9. The minimum Gasteiger partial charge on any atom is -0.344 e. The number of nitrogens with zero attached hydrogens (tertiary/aromatic N) is 2. The molecule has 1 unspecified atom stereocenters. The van der Waals surface area contributed by atoms with Gasteiger partial charge in [-0.15, -0.1) is 11.3 Å². The first kappa shape index (κ1) is 16.1. The molecule has 1 atom stereocenters. The highest BCUT2D eigenvalue weighted by Gasteiger charge is 2.42. The van der Waals surface area contributed by atoms with Gasteiger partial charge in [-0.1, -0.05) is 12.8 Å². The summed E-state index contributed by atoms with van der Waals surface area (Å²) in [6, 6.07) is 0. The zero-order valence-corrected chi connectivity index (χ0v) is 14.8. The van der Waals surface area contributed by atoms with E-state index in [1.807, 2.05) is 16.5 Å². The van der Waals surface area contributed by atoms with Gasteiger partial charge in [0.15, 0.2) is 0 Å². The molecule has 2 aliphatic carbocycles. The van der Waals surface area contributed by atoms with Crippen molar-refractivity contribution in [3.63, 3.8) is 0 Å². The van der Waals surface area contributed by atoms with Gasteiger partial charge in [0.2, 0.25) is 11.8 Å². The molecule has 1 saturated heterocycles. The molecule has 1 N–H and O–H groups in total. The topological polar surface area (TPSA) is 62.3 Å². The van der Waals surface area contributed by atoms with Gasteiger partial charge in [0.25, 0.3) is 0 Å². The summed E-state index contributed by atoms with van der Waals surface area (Å²) in [6.45, 7) is 1.41. The molecule has 24 heavy (non-hydrogen) atoms. The Morgan fingerprint density at radius 3 is 2.62 bits per heavy atom. The van der Waals surface area contributed by atoms with Crippen molar-refractivity contribution >= 4 is 23.2 Å². The number of likely N-dealkylation sites (tertiary alicyclic amines) is 1. The van der Waals surface area contributed by atoms with Crippen molar-refractivity contribution in [1.82, 2.24) is 15.2 Å². The van der Waals surface area contributed by atoms with E-state index in [1.54, 1.807) is 11.3 Å². The number of aromatic nitrogens is 1. The van der Waals surface area contributed by atoms with E-state index < -0.39 is 0 Å². The van der Waals surface area contributed by atoms with Gasteiger partial charge in [-0.2, -0.15) is 0 Å². The molecule has 3 aliphatic rings. The zero-order valence-electron chi connectivity index (χ0n) is 14.0. The van der Waals surface area contributed by atoms with Crippen molar-refractivity contribution in [3.8, 4) is 0 Å². The van der Waals surface area contributed by atoms with Crippen LogP contribution in [0, 0.1) is 11.8 Å². The van der Waals surface area contributed by atoms with Crippen molar-refractivity contribution in [2.24, 2.45) is 11.8 Å². The number of hydrogen-bond donors (Lipinski definition) is 1. The van der Waals surface area contributed by atoms with E-state index in [-0.39, 0.29) is 29.2 Å². The number of carbonyl (C=O) groups is 2. The van der Waals surface area contributed by atoms with Gasteiger partial charge >= 0.3 is 0 Å². The van der Waals surface area contributed by atoms with E-state index in [2.05, 4.69) is 10.3 Å². The van der Waals surface area contributed by atoms with E-state index >= 15 is 0 Å². The number of hydrogen-bond acceptors (Lipinski definition) is 4. The fraction of sp³-hybridized carbons (Fsp3) is 0.722. The number of carbonyl (C=O) groups excluding carboxylic acids is 2. The summed E-state index contributed by atoms with van der Waals surface area (Å²) in [6.07, 6.45) is 9.91. The summed E-state index contributed by atoms with van der Waals surface area (Å²) in [7, 11) is 0. The third-order valence-corrected chi connectivity index (χ3v) is 6.67. The predicted octanol–water partition coefficient (Wildman–Crippen LogP) is 2.68. The lowest BCUT2D eigenvalue weighted by atomic mass is 9.93. The monoisotopic (exact) mass is 347 g/mol.